The number of hydrogen-bond donors (Lipinski definition) is 1. The van der Waals surface area contributed by atoms with Crippen molar-refractivity contribution < 1.29 is 0 Å². The fraction of sp³-hybridized carbons (Fsp3) is 0.333. The van der Waals surface area contributed by atoms with Crippen LogP contribution >= 0.6 is 34.5 Å². The van der Waals surface area contributed by atoms with Gasteiger partial charge in [0.1, 0.15) is 0 Å². The Hall–Kier alpha value is 0.240. The summed E-state index contributed by atoms with van der Waals surface area (Å²) in [5.41, 5.74) is 6.52. The molecule has 1 atom stereocenters. The molecule has 0 amide bonds. The van der Waals surface area contributed by atoms with Gasteiger partial charge in [-0.25, -0.2) is 0 Å². The van der Waals surface area contributed by atoms with Gasteiger partial charge in [-0.1, -0.05) is 23.2 Å². The lowest BCUT2D eigenvalue weighted by atomic mass is 10.2. The van der Waals surface area contributed by atoms with Gasteiger partial charge in [0.25, 0.3) is 0 Å². The second kappa shape index (κ2) is 3.09. The normalized spacial score (nSPS) is 13.6. The molecule has 0 fully saturated rings. The summed E-state index contributed by atoms with van der Waals surface area (Å²) < 4.78 is 1.39. The number of nitrogens with two attached hydrogens (primary N) is 1. The van der Waals surface area contributed by atoms with Gasteiger partial charge in [-0.2, -0.15) is 0 Å². The fourth-order valence-electron chi connectivity index (χ4n) is 0.663. The third-order valence-corrected chi connectivity index (χ3v) is 2.69. The van der Waals surface area contributed by atoms with Gasteiger partial charge in [0, 0.05) is 6.04 Å². The molecule has 10 heavy (non-hydrogen) atoms. The molecule has 0 spiro atoms. The molecule has 4 heteroatoms. The molecule has 2 N–H and O–H groups in total. The molecule has 1 rings (SSSR count). The lowest BCUT2D eigenvalue weighted by Gasteiger charge is -1.99. The van der Waals surface area contributed by atoms with E-state index >= 15 is 0 Å². The van der Waals surface area contributed by atoms with E-state index < -0.39 is 0 Å². The molecule has 0 aliphatic carbocycles. The summed E-state index contributed by atoms with van der Waals surface area (Å²) in [5.74, 6) is 0. The summed E-state index contributed by atoms with van der Waals surface area (Å²) in [4.78, 5) is 0. The van der Waals surface area contributed by atoms with E-state index in [1.165, 1.54) is 11.3 Å². The number of rotatable bonds is 1. The highest BCUT2D eigenvalue weighted by Gasteiger charge is 2.08. The molecule has 0 saturated heterocycles. The van der Waals surface area contributed by atoms with E-state index in [0.29, 0.717) is 8.67 Å². The lowest BCUT2D eigenvalue weighted by Crippen LogP contribution is -2.03. The summed E-state index contributed by atoms with van der Waals surface area (Å²) >= 11 is 12.8. The Morgan fingerprint density at radius 1 is 1.60 bits per heavy atom. The average Bonchev–Trinajstić information content (AvgIpc) is 2.10. The van der Waals surface area contributed by atoms with Crippen LogP contribution in [0.1, 0.15) is 18.5 Å². The highest BCUT2D eigenvalue weighted by Crippen LogP contribution is 2.33. The van der Waals surface area contributed by atoms with Crippen molar-refractivity contribution in [2.45, 2.75) is 13.0 Å². The van der Waals surface area contributed by atoms with E-state index in [1.807, 2.05) is 6.92 Å². The van der Waals surface area contributed by atoms with Crippen LogP contribution in [0.15, 0.2) is 6.07 Å². The SMILES string of the molecule is C[C@H](N)c1cc(Cl)sc1Cl. The van der Waals surface area contributed by atoms with E-state index in [1.54, 1.807) is 6.07 Å². The minimum absolute atomic E-state index is 0.0313. The lowest BCUT2D eigenvalue weighted by molar-refractivity contribution is 0.823. The van der Waals surface area contributed by atoms with Crippen molar-refractivity contribution in [2.24, 2.45) is 5.73 Å². The fourth-order valence-corrected chi connectivity index (χ4v) is 2.33. The summed E-state index contributed by atoms with van der Waals surface area (Å²) in [6, 6.07) is 1.77. The summed E-state index contributed by atoms with van der Waals surface area (Å²) in [6.45, 7) is 1.88. The molecule has 56 valence electrons. The van der Waals surface area contributed by atoms with Crippen LogP contribution in [0.2, 0.25) is 8.67 Å². The van der Waals surface area contributed by atoms with Crippen molar-refractivity contribution in [3.8, 4) is 0 Å². The Kier molecular flexibility index (Phi) is 2.58. The molecule has 1 nitrogen and oxygen atoms in total. The first kappa shape index (κ1) is 8.34. The minimum Gasteiger partial charge on any atom is -0.324 e. The molecular weight excluding hydrogens is 189 g/mol. The maximum absolute atomic E-state index is 5.79. The second-order valence-electron chi connectivity index (χ2n) is 2.07. The van der Waals surface area contributed by atoms with Crippen molar-refractivity contribution in [3.63, 3.8) is 0 Å². The maximum atomic E-state index is 5.79. The van der Waals surface area contributed by atoms with Crippen LogP contribution in [-0.4, -0.2) is 0 Å². The first-order valence-corrected chi connectivity index (χ1v) is 4.39. The van der Waals surface area contributed by atoms with Crippen LogP contribution in [0.4, 0.5) is 0 Å². The molecule has 1 heterocycles. The third kappa shape index (κ3) is 1.64. The van der Waals surface area contributed by atoms with E-state index in [2.05, 4.69) is 0 Å². The Balaban J connectivity index is 3.03. The smallest absolute Gasteiger partial charge is 0.0991 e. The quantitative estimate of drug-likeness (QED) is 0.733. The molecule has 0 aromatic carbocycles. The summed E-state index contributed by atoms with van der Waals surface area (Å²) in [5, 5.41) is 0. The predicted octanol–water partition coefficient (Wildman–Crippen LogP) is 3.07. The second-order valence-corrected chi connectivity index (χ2v) is 4.35. The zero-order valence-corrected chi connectivity index (χ0v) is 7.72. The highest BCUT2D eigenvalue weighted by molar-refractivity contribution is 7.20. The van der Waals surface area contributed by atoms with Crippen molar-refractivity contribution in [3.05, 3.63) is 20.3 Å². The average molecular weight is 196 g/mol. The zero-order chi connectivity index (χ0) is 7.72. The Morgan fingerprint density at radius 2 is 2.20 bits per heavy atom. The molecule has 1 aromatic rings. The number of halogens is 2. The largest absolute Gasteiger partial charge is 0.324 e. The minimum atomic E-state index is -0.0313. The van der Waals surface area contributed by atoms with E-state index in [-0.39, 0.29) is 6.04 Å². The van der Waals surface area contributed by atoms with Crippen LogP contribution in [0.25, 0.3) is 0 Å². The first-order valence-electron chi connectivity index (χ1n) is 2.81. The molecule has 0 radical (unpaired) electrons. The third-order valence-electron chi connectivity index (χ3n) is 1.17. The molecule has 0 aliphatic rings. The molecule has 0 bridgehead atoms. The molecule has 0 aliphatic heterocycles. The van der Waals surface area contributed by atoms with Crippen LogP contribution in [0.3, 0.4) is 0 Å². The van der Waals surface area contributed by atoms with Gasteiger partial charge in [-0.05, 0) is 18.6 Å². The molecular formula is C6H7Cl2NS. The van der Waals surface area contributed by atoms with E-state index in [4.69, 9.17) is 28.9 Å². The van der Waals surface area contributed by atoms with Gasteiger partial charge in [0.15, 0.2) is 0 Å². The van der Waals surface area contributed by atoms with Crippen LogP contribution in [0, 0.1) is 0 Å². The summed E-state index contributed by atoms with van der Waals surface area (Å²) in [6.07, 6.45) is 0. The van der Waals surface area contributed by atoms with Crippen LogP contribution in [-0.2, 0) is 0 Å². The van der Waals surface area contributed by atoms with Gasteiger partial charge in [-0.3, -0.25) is 0 Å². The van der Waals surface area contributed by atoms with Crippen LogP contribution in [0.5, 0.6) is 0 Å². The Morgan fingerprint density at radius 3 is 2.40 bits per heavy atom. The van der Waals surface area contributed by atoms with Crippen LogP contribution < -0.4 is 5.73 Å². The van der Waals surface area contributed by atoms with E-state index in [0.717, 1.165) is 5.56 Å². The van der Waals surface area contributed by atoms with Gasteiger partial charge >= 0.3 is 0 Å². The van der Waals surface area contributed by atoms with E-state index in [9.17, 15) is 0 Å². The Labute approximate surface area is 73.7 Å². The standard InChI is InChI=1S/C6H7Cl2NS/c1-3(9)4-2-5(7)10-6(4)8/h2-3H,9H2,1H3/t3-/m0/s1. The van der Waals surface area contributed by atoms with Gasteiger partial charge < -0.3 is 5.73 Å². The predicted molar refractivity (Wildman–Crippen MR) is 46.9 cm³/mol. The number of thiophene rings is 1. The van der Waals surface area contributed by atoms with Crippen molar-refractivity contribution in [1.82, 2.24) is 0 Å². The highest BCUT2D eigenvalue weighted by atomic mass is 35.5. The number of hydrogen-bond acceptors (Lipinski definition) is 2. The molecule has 0 saturated carbocycles. The topological polar surface area (TPSA) is 26.0 Å². The maximum Gasteiger partial charge on any atom is 0.0991 e. The monoisotopic (exact) mass is 195 g/mol. The van der Waals surface area contributed by atoms with Gasteiger partial charge in [-0.15, -0.1) is 11.3 Å². The van der Waals surface area contributed by atoms with Crippen molar-refractivity contribution >= 4 is 34.5 Å². The molecule has 1 aromatic heterocycles. The van der Waals surface area contributed by atoms with Crippen molar-refractivity contribution in [1.29, 1.82) is 0 Å². The van der Waals surface area contributed by atoms with Gasteiger partial charge in [0.2, 0.25) is 0 Å². The first-order chi connectivity index (χ1) is 4.61. The van der Waals surface area contributed by atoms with Gasteiger partial charge in [0.05, 0.1) is 8.67 Å². The molecule has 0 unspecified atom stereocenters. The Bertz CT molecular complexity index is 232. The van der Waals surface area contributed by atoms with Crippen molar-refractivity contribution in [2.75, 3.05) is 0 Å². The summed E-state index contributed by atoms with van der Waals surface area (Å²) in [7, 11) is 0. The zero-order valence-electron chi connectivity index (χ0n) is 5.40.